The number of rotatable bonds is 7. The lowest BCUT2D eigenvalue weighted by molar-refractivity contribution is -0.420. The highest BCUT2D eigenvalue weighted by molar-refractivity contribution is 7.80. The van der Waals surface area contributed by atoms with Gasteiger partial charge in [0, 0.05) is 0 Å². The molecule has 0 amide bonds. The Balaban J connectivity index is 6.19. The van der Waals surface area contributed by atoms with E-state index in [0.717, 1.165) is 0 Å². The van der Waals surface area contributed by atoms with Crippen molar-refractivity contribution in [3.63, 3.8) is 0 Å². The summed E-state index contributed by atoms with van der Waals surface area (Å²) in [6.07, 6.45) is 0. The van der Waals surface area contributed by atoms with Gasteiger partial charge in [0.05, 0.1) is 11.5 Å². The van der Waals surface area contributed by atoms with Crippen molar-refractivity contribution in [3.8, 4) is 0 Å². The first-order valence-corrected chi connectivity index (χ1v) is 6.12. The smallest absolute Gasteiger partial charge is 0.199 e. The van der Waals surface area contributed by atoms with Gasteiger partial charge in [-0.1, -0.05) is 0 Å². The summed E-state index contributed by atoms with van der Waals surface area (Å²) in [6, 6.07) is 0. The molecule has 0 bridgehead atoms. The Morgan fingerprint density at radius 2 is 0.591 bits per heavy atom. The van der Waals surface area contributed by atoms with Gasteiger partial charge in [-0.25, -0.2) is 0 Å². The van der Waals surface area contributed by atoms with Crippen LogP contribution in [-0.2, 0) is 0 Å². The molecule has 0 aliphatic rings. The van der Waals surface area contributed by atoms with E-state index in [1.807, 2.05) is 0 Å². The van der Waals surface area contributed by atoms with E-state index in [9.17, 15) is 52.7 Å². The molecule has 0 fully saturated rings. The van der Waals surface area contributed by atoms with Gasteiger partial charge in [0.2, 0.25) is 0 Å². The standard InChI is InChI=1S/C8H6F12S2/c9-3(10,1-21)5(13,14)7(17,18)8(19,20)6(15,16)4(11,12)2-22/h21-22H,1-2H2. The lowest BCUT2D eigenvalue weighted by Gasteiger charge is -2.40. The van der Waals surface area contributed by atoms with Crippen molar-refractivity contribution in [2.24, 2.45) is 0 Å². The Morgan fingerprint density at radius 1 is 0.409 bits per heavy atom. The summed E-state index contributed by atoms with van der Waals surface area (Å²) in [5.74, 6) is -46.0. The van der Waals surface area contributed by atoms with E-state index in [4.69, 9.17) is 0 Å². The quantitative estimate of drug-likeness (QED) is 0.456. The minimum absolute atomic E-state index is 2.43. The van der Waals surface area contributed by atoms with E-state index < -0.39 is 47.0 Å². The Labute approximate surface area is 126 Å². The van der Waals surface area contributed by atoms with Crippen LogP contribution in [0.5, 0.6) is 0 Å². The molecule has 0 saturated heterocycles. The molecule has 0 rings (SSSR count). The maximum atomic E-state index is 13.0. The van der Waals surface area contributed by atoms with E-state index >= 15 is 0 Å². The fourth-order valence-corrected chi connectivity index (χ4v) is 1.45. The van der Waals surface area contributed by atoms with Gasteiger partial charge in [-0.3, -0.25) is 0 Å². The molecule has 134 valence electrons. The zero-order valence-corrected chi connectivity index (χ0v) is 11.6. The number of hydrogen-bond acceptors (Lipinski definition) is 2. The van der Waals surface area contributed by atoms with Gasteiger partial charge in [0.25, 0.3) is 0 Å². The average Bonchev–Trinajstić information content (AvgIpc) is 2.37. The highest BCUT2D eigenvalue weighted by atomic mass is 32.1. The Morgan fingerprint density at radius 3 is 0.727 bits per heavy atom. The van der Waals surface area contributed by atoms with Crippen LogP contribution in [0.15, 0.2) is 0 Å². The first kappa shape index (κ1) is 21.9. The van der Waals surface area contributed by atoms with Crippen LogP contribution >= 0.6 is 25.3 Å². The second kappa shape index (κ2) is 5.74. The van der Waals surface area contributed by atoms with Crippen molar-refractivity contribution in [1.29, 1.82) is 0 Å². The second-order valence-corrected chi connectivity index (χ2v) is 4.66. The average molecular weight is 394 g/mol. The third kappa shape index (κ3) is 2.73. The van der Waals surface area contributed by atoms with E-state index in [2.05, 4.69) is 25.3 Å². The lowest BCUT2D eigenvalue weighted by Crippen LogP contribution is -2.71. The Kier molecular flexibility index (Phi) is 5.70. The van der Waals surface area contributed by atoms with Crippen molar-refractivity contribution in [1.82, 2.24) is 0 Å². The first-order chi connectivity index (χ1) is 9.37. The summed E-state index contributed by atoms with van der Waals surface area (Å²) < 4.78 is 154. The molecule has 0 radical (unpaired) electrons. The maximum absolute atomic E-state index is 13.0. The van der Waals surface area contributed by atoms with E-state index in [0.29, 0.717) is 0 Å². The van der Waals surface area contributed by atoms with Crippen LogP contribution in [0.25, 0.3) is 0 Å². The molecular formula is C8H6F12S2. The van der Waals surface area contributed by atoms with Crippen LogP contribution in [-0.4, -0.2) is 47.0 Å². The summed E-state index contributed by atoms with van der Waals surface area (Å²) in [7, 11) is 0. The van der Waals surface area contributed by atoms with Gasteiger partial charge in [0.1, 0.15) is 0 Å². The molecule has 0 aromatic heterocycles. The highest BCUT2D eigenvalue weighted by Crippen LogP contribution is 2.60. The van der Waals surface area contributed by atoms with Crippen LogP contribution in [0, 0.1) is 0 Å². The van der Waals surface area contributed by atoms with Crippen LogP contribution in [0.4, 0.5) is 52.7 Å². The largest absolute Gasteiger partial charge is 0.384 e. The molecule has 22 heavy (non-hydrogen) atoms. The summed E-state index contributed by atoms with van der Waals surface area (Å²) in [4.78, 5) is 0. The Bertz CT molecular complexity index is 366. The Hall–Kier alpha value is -0.140. The molecule has 0 N–H and O–H groups in total. The van der Waals surface area contributed by atoms with Crippen LogP contribution in [0.2, 0.25) is 0 Å². The summed E-state index contributed by atoms with van der Waals surface area (Å²) in [5.41, 5.74) is 0. The van der Waals surface area contributed by atoms with Gasteiger partial charge in [0.15, 0.2) is 0 Å². The maximum Gasteiger partial charge on any atom is 0.384 e. The predicted molar refractivity (Wildman–Crippen MR) is 57.4 cm³/mol. The van der Waals surface area contributed by atoms with Crippen molar-refractivity contribution in [2.45, 2.75) is 35.5 Å². The molecular weight excluding hydrogens is 388 g/mol. The van der Waals surface area contributed by atoms with Gasteiger partial charge in [-0.05, 0) is 0 Å². The molecule has 0 unspecified atom stereocenters. The van der Waals surface area contributed by atoms with Crippen LogP contribution < -0.4 is 0 Å². The third-order valence-electron chi connectivity index (χ3n) is 2.50. The molecule has 0 aromatic rings. The van der Waals surface area contributed by atoms with Gasteiger partial charge >= 0.3 is 35.5 Å². The zero-order valence-electron chi connectivity index (χ0n) is 9.84. The summed E-state index contributed by atoms with van der Waals surface area (Å²) in [6.45, 7) is 0. The molecule has 14 heteroatoms. The molecule has 0 aliphatic heterocycles. The normalized spacial score (nSPS) is 16.1. The van der Waals surface area contributed by atoms with Crippen molar-refractivity contribution < 1.29 is 52.7 Å². The molecule has 0 nitrogen and oxygen atoms in total. The van der Waals surface area contributed by atoms with Crippen LogP contribution in [0.1, 0.15) is 0 Å². The van der Waals surface area contributed by atoms with Crippen LogP contribution in [0.3, 0.4) is 0 Å². The fourth-order valence-electron chi connectivity index (χ4n) is 1.05. The third-order valence-corrected chi connectivity index (χ3v) is 3.29. The van der Waals surface area contributed by atoms with Gasteiger partial charge < -0.3 is 0 Å². The molecule has 0 heterocycles. The van der Waals surface area contributed by atoms with Gasteiger partial charge in [-0.15, -0.1) is 0 Å². The van der Waals surface area contributed by atoms with Crippen molar-refractivity contribution in [3.05, 3.63) is 0 Å². The minimum Gasteiger partial charge on any atom is -0.199 e. The number of halogens is 12. The molecule has 0 aromatic carbocycles. The van der Waals surface area contributed by atoms with E-state index in [1.165, 1.54) is 0 Å². The first-order valence-electron chi connectivity index (χ1n) is 4.86. The van der Waals surface area contributed by atoms with Crippen molar-refractivity contribution in [2.75, 3.05) is 11.5 Å². The van der Waals surface area contributed by atoms with E-state index in [-0.39, 0.29) is 0 Å². The topological polar surface area (TPSA) is 0 Å². The summed E-state index contributed by atoms with van der Waals surface area (Å²) in [5, 5.41) is 0. The van der Waals surface area contributed by atoms with E-state index in [1.54, 1.807) is 0 Å². The number of alkyl halides is 12. The SMILES string of the molecule is FC(F)(CS)C(F)(F)C(F)(F)C(F)(F)C(F)(F)C(F)(F)CS. The lowest BCUT2D eigenvalue weighted by atomic mass is 9.92. The second-order valence-electron chi connectivity index (χ2n) is 4.02. The van der Waals surface area contributed by atoms with Gasteiger partial charge in [-0.2, -0.15) is 77.9 Å². The minimum atomic E-state index is -7.51. The zero-order chi connectivity index (χ0) is 18.4. The highest BCUT2D eigenvalue weighted by Gasteiger charge is 2.89. The molecule has 0 aliphatic carbocycles. The number of hydrogen-bond donors (Lipinski definition) is 2. The summed E-state index contributed by atoms with van der Waals surface area (Å²) >= 11 is 5.03. The fraction of sp³-hybridized carbons (Fsp3) is 1.00. The molecule has 0 atom stereocenters. The monoisotopic (exact) mass is 394 g/mol. The molecule has 0 saturated carbocycles. The molecule has 0 spiro atoms. The van der Waals surface area contributed by atoms with Crippen molar-refractivity contribution >= 4 is 25.3 Å². The number of thiol groups is 2. The predicted octanol–water partition coefficient (Wildman–Crippen LogP) is 4.66.